The van der Waals surface area contributed by atoms with Crippen LogP contribution in [0.4, 0.5) is 0 Å². The molecule has 0 heterocycles. The zero-order valence-electron chi connectivity index (χ0n) is 6.93. The molecule has 62 valence electrons. The fourth-order valence-corrected chi connectivity index (χ4v) is 2.95. The summed E-state index contributed by atoms with van der Waals surface area (Å²) in [5, 5.41) is -0.151. The van der Waals surface area contributed by atoms with Crippen molar-refractivity contribution in [2.24, 2.45) is 17.3 Å². The van der Waals surface area contributed by atoms with Gasteiger partial charge in [0.1, 0.15) is 0 Å². The van der Waals surface area contributed by atoms with E-state index in [1.54, 1.807) is 0 Å². The third kappa shape index (κ3) is 0.936. The van der Waals surface area contributed by atoms with Gasteiger partial charge in [-0.15, -0.1) is 11.6 Å². The first kappa shape index (κ1) is 7.60. The molecular weight excluding hydrogens is 160 g/mol. The molecule has 0 amide bonds. The van der Waals surface area contributed by atoms with Crippen LogP contribution in [0.1, 0.15) is 26.7 Å². The first-order valence-electron chi connectivity index (χ1n) is 4.19. The van der Waals surface area contributed by atoms with Crippen molar-refractivity contribution in [3.63, 3.8) is 0 Å². The lowest BCUT2D eigenvalue weighted by atomic mass is 9.74. The van der Waals surface area contributed by atoms with E-state index in [2.05, 4.69) is 13.8 Å². The van der Waals surface area contributed by atoms with Crippen molar-refractivity contribution in [1.29, 1.82) is 0 Å². The summed E-state index contributed by atoms with van der Waals surface area (Å²) in [4.78, 5) is 11.2. The number of ketones is 1. The summed E-state index contributed by atoms with van der Waals surface area (Å²) in [7, 11) is 0. The van der Waals surface area contributed by atoms with Crippen LogP contribution in [-0.2, 0) is 4.79 Å². The summed E-state index contributed by atoms with van der Waals surface area (Å²) < 4.78 is 0. The number of halogens is 1. The SMILES string of the molecule is CC1(C)C[C@@H]2C(=O)C(Cl)[C@@H]2C1. The third-order valence-corrected chi connectivity index (χ3v) is 3.63. The van der Waals surface area contributed by atoms with Gasteiger partial charge in [0.05, 0.1) is 5.38 Å². The largest absolute Gasteiger partial charge is 0.298 e. The Hall–Kier alpha value is -0.0400. The van der Waals surface area contributed by atoms with Crippen LogP contribution < -0.4 is 0 Å². The van der Waals surface area contributed by atoms with Gasteiger partial charge >= 0.3 is 0 Å². The van der Waals surface area contributed by atoms with E-state index < -0.39 is 0 Å². The van der Waals surface area contributed by atoms with E-state index in [4.69, 9.17) is 11.6 Å². The van der Waals surface area contributed by atoms with Crippen LogP contribution in [0, 0.1) is 17.3 Å². The van der Waals surface area contributed by atoms with Gasteiger partial charge in [-0.25, -0.2) is 0 Å². The second-order valence-electron chi connectivity index (χ2n) is 4.65. The molecule has 0 radical (unpaired) electrons. The predicted molar refractivity (Wildman–Crippen MR) is 44.6 cm³/mol. The molecule has 2 aliphatic rings. The van der Waals surface area contributed by atoms with Crippen molar-refractivity contribution in [2.75, 3.05) is 0 Å². The van der Waals surface area contributed by atoms with Crippen LogP contribution >= 0.6 is 11.6 Å². The lowest BCUT2D eigenvalue weighted by Gasteiger charge is -2.33. The van der Waals surface area contributed by atoms with Gasteiger partial charge in [0, 0.05) is 5.92 Å². The standard InChI is InChI=1S/C9H13ClO/c1-9(2)3-5-6(4-9)8(11)7(5)10/h5-7H,3-4H2,1-2H3/t5-,6+,7?/m1/s1. The molecule has 3 atom stereocenters. The molecule has 2 fully saturated rings. The highest BCUT2D eigenvalue weighted by atomic mass is 35.5. The summed E-state index contributed by atoms with van der Waals surface area (Å²) in [6.45, 7) is 4.45. The van der Waals surface area contributed by atoms with E-state index in [1.165, 1.54) is 0 Å². The molecule has 1 nitrogen and oxygen atoms in total. The van der Waals surface area contributed by atoms with E-state index in [0.29, 0.717) is 23.0 Å². The number of alkyl halides is 1. The Kier molecular flexibility index (Phi) is 1.39. The molecule has 0 N–H and O–H groups in total. The Labute approximate surface area is 72.1 Å². The smallest absolute Gasteiger partial charge is 0.154 e. The summed E-state index contributed by atoms with van der Waals surface area (Å²) in [5.74, 6) is 1.11. The highest BCUT2D eigenvalue weighted by Gasteiger charge is 2.56. The lowest BCUT2D eigenvalue weighted by molar-refractivity contribution is -0.131. The molecule has 0 bridgehead atoms. The van der Waals surface area contributed by atoms with Crippen LogP contribution in [0.3, 0.4) is 0 Å². The number of carbonyl (C=O) groups is 1. The fraction of sp³-hybridized carbons (Fsp3) is 0.889. The zero-order valence-corrected chi connectivity index (χ0v) is 7.69. The minimum Gasteiger partial charge on any atom is -0.298 e. The van der Waals surface area contributed by atoms with Gasteiger partial charge in [0.2, 0.25) is 0 Å². The number of rotatable bonds is 0. The van der Waals surface area contributed by atoms with Crippen LogP contribution in [-0.4, -0.2) is 11.2 Å². The quantitative estimate of drug-likeness (QED) is 0.513. The zero-order chi connectivity index (χ0) is 8.22. The molecule has 11 heavy (non-hydrogen) atoms. The van der Waals surface area contributed by atoms with Crippen molar-refractivity contribution in [1.82, 2.24) is 0 Å². The Morgan fingerprint density at radius 1 is 1.45 bits per heavy atom. The van der Waals surface area contributed by atoms with Crippen LogP contribution in [0.25, 0.3) is 0 Å². The minimum absolute atomic E-state index is 0.151. The number of Topliss-reactive ketones (excluding diaryl/α,β-unsaturated/α-hetero) is 1. The molecule has 2 heteroatoms. The second kappa shape index (κ2) is 2.01. The van der Waals surface area contributed by atoms with Crippen molar-refractivity contribution in [3.8, 4) is 0 Å². The topological polar surface area (TPSA) is 17.1 Å². The third-order valence-electron chi connectivity index (χ3n) is 3.09. The highest BCUT2D eigenvalue weighted by Crippen LogP contribution is 2.54. The van der Waals surface area contributed by atoms with Crippen molar-refractivity contribution >= 4 is 17.4 Å². The Morgan fingerprint density at radius 2 is 2.09 bits per heavy atom. The first-order chi connectivity index (χ1) is 5.01. The molecule has 2 saturated carbocycles. The van der Waals surface area contributed by atoms with E-state index in [9.17, 15) is 4.79 Å². The fourth-order valence-electron chi connectivity index (χ4n) is 2.53. The van der Waals surface area contributed by atoms with Gasteiger partial charge in [-0.2, -0.15) is 0 Å². The van der Waals surface area contributed by atoms with Crippen LogP contribution in [0.5, 0.6) is 0 Å². The van der Waals surface area contributed by atoms with Gasteiger partial charge in [-0.05, 0) is 24.2 Å². The Bertz CT molecular complexity index is 210. The van der Waals surface area contributed by atoms with Crippen molar-refractivity contribution in [3.05, 3.63) is 0 Å². The van der Waals surface area contributed by atoms with Gasteiger partial charge in [0.25, 0.3) is 0 Å². The molecule has 0 aliphatic heterocycles. The van der Waals surface area contributed by atoms with E-state index in [-0.39, 0.29) is 5.38 Å². The van der Waals surface area contributed by atoms with E-state index in [0.717, 1.165) is 12.8 Å². The molecule has 1 unspecified atom stereocenters. The monoisotopic (exact) mass is 172 g/mol. The average Bonchev–Trinajstić information content (AvgIpc) is 2.23. The molecule has 0 aromatic heterocycles. The summed E-state index contributed by atoms with van der Waals surface area (Å²) in [5.41, 5.74) is 0.356. The Morgan fingerprint density at radius 3 is 2.64 bits per heavy atom. The maximum absolute atomic E-state index is 11.2. The molecule has 0 saturated heterocycles. The molecule has 0 aromatic carbocycles. The van der Waals surface area contributed by atoms with Gasteiger partial charge in [-0.3, -0.25) is 4.79 Å². The van der Waals surface area contributed by atoms with Crippen LogP contribution in [0.15, 0.2) is 0 Å². The van der Waals surface area contributed by atoms with Crippen molar-refractivity contribution in [2.45, 2.75) is 32.1 Å². The number of fused-ring (bicyclic) bond motifs is 1. The number of hydrogen-bond acceptors (Lipinski definition) is 1. The van der Waals surface area contributed by atoms with Gasteiger partial charge < -0.3 is 0 Å². The normalized spacial score (nSPS) is 46.8. The number of hydrogen-bond donors (Lipinski definition) is 0. The maximum Gasteiger partial charge on any atom is 0.154 e. The molecule has 2 rings (SSSR count). The second-order valence-corrected chi connectivity index (χ2v) is 5.12. The minimum atomic E-state index is -0.151. The predicted octanol–water partition coefficient (Wildman–Crippen LogP) is 2.23. The first-order valence-corrected chi connectivity index (χ1v) is 4.63. The molecule has 2 aliphatic carbocycles. The average molecular weight is 173 g/mol. The van der Waals surface area contributed by atoms with Crippen LogP contribution in [0.2, 0.25) is 0 Å². The summed E-state index contributed by atoms with van der Waals surface area (Å²) in [6, 6.07) is 0. The molecular formula is C9H13ClO. The lowest BCUT2D eigenvalue weighted by Crippen LogP contribution is -2.45. The Balaban J connectivity index is 2.15. The molecule has 0 aromatic rings. The van der Waals surface area contributed by atoms with Gasteiger partial charge in [-0.1, -0.05) is 13.8 Å². The summed E-state index contributed by atoms with van der Waals surface area (Å²) >= 11 is 5.88. The highest BCUT2D eigenvalue weighted by molar-refractivity contribution is 6.34. The number of carbonyl (C=O) groups excluding carboxylic acids is 1. The van der Waals surface area contributed by atoms with E-state index in [1.807, 2.05) is 0 Å². The molecule has 0 spiro atoms. The van der Waals surface area contributed by atoms with Crippen molar-refractivity contribution < 1.29 is 4.79 Å². The maximum atomic E-state index is 11.2. The van der Waals surface area contributed by atoms with Gasteiger partial charge in [0.15, 0.2) is 5.78 Å². The van der Waals surface area contributed by atoms with E-state index >= 15 is 0 Å². The summed E-state index contributed by atoms with van der Waals surface area (Å²) in [6.07, 6.45) is 2.19.